The van der Waals surface area contributed by atoms with E-state index in [-0.39, 0.29) is 5.92 Å². The molecular weight excluding hydrogens is 320 g/mol. The summed E-state index contributed by atoms with van der Waals surface area (Å²) in [6.45, 7) is 4.51. The maximum Gasteiger partial charge on any atom is 0.206 e. The van der Waals surface area contributed by atoms with Gasteiger partial charge in [0.25, 0.3) is 0 Å². The normalized spacial score (nSPS) is 13.3. The quantitative estimate of drug-likeness (QED) is 0.790. The number of rotatable bonds is 4. The smallest absolute Gasteiger partial charge is 0.206 e. The highest BCUT2D eigenvalue weighted by Gasteiger charge is 2.20. The number of nitrogens with zero attached hydrogens (tertiary/aromatic N) is 1. The molecule has 1 atom stereocenters. The molecule has 24 heavy (non-hydrogen) atoms. The first kappa shape index (κ1) is 16.7. The molecular formula is C19H22N2O2S. The molecule has 4 nitrogen and oxygen atoms in total. The summed E-state index contributed by atoms with van der Waals surface area (Å²) in [5.41, 5.74) is 8.93. The van der Waals surface area contributed by atoms with Crippen molar-refractivity contribution in [1.82, 2.24) is 4.57 Å². The second-order valence-electron chi connectivity index (χ2n) is 6.33. The van der Waals surface area contributed by atoms with Crippen LogP contribution in [0.3, 0.4) is 0 Å². The number of sulfone groups is 1. The highest BCUT2D eigenvalue weighted by molar-refractivity contribution is 7.91. The van der Waals surface area contributed by atoms with Crippen molar-refractivity contribution in [2.45, 2.75) is 29.6 Å². The summed E-state index contributed by atoms with van der Waals surface area (Å²) in [5.74, 6) is 0.172. The molecule has 3 aromatic rings. The Kier molecular flexibility index (Phi) is 4.24. The Morgan fingerprint density at radius 3 is 2.33 bits per heavy atom. The predicted octanol–water partition coefficient (Wildman–Crippen LogP) is 3.38. The zero-order valence-corrected chi connectivity index (χ0v) is 15.0. The Labute approximate surface area is 142 Å². The number of fused-ring (bicyclic) bond motifs is 1. The summed E-state index contributed by atoms with van der Waals surface area (Å²) < 4.78 is 27.8. The first-order valence-electron chi connectivity index (χ1n) is 7.95. The van der Waals surface area contributed by atoms with Crippen molar-refractivity contribution in [3.63, 3.8) is 0 Å². The number of aromatic nitrogens is 1. The Balaban J connectivity index is 2.18. The van der Waals surface area contributed by atoms with Gasteiger partial charge < -0.3 is 10.3 Å². The fraction of sp³-hybridized carbons (Fsp3) is 0.263. The molecule has 0 fully saturated rings. The maximum absolute atomic E-state index is 12.9. The second-order valence-corrected chi connectivity index (χ2v) is 8.28. The monoisotopic (exact) mass is 342 g/mol. The predicted molar refractivity (Wildman–Crippen MR) is 97.0 cm³/mol. The van der Waals surface area contributed by atoms with Crippen LogP contribution in [0.5, 0.6) is 0 Å². The van der Waals surface area contributed by atoms with E-state index < -0.39 is 9.84 Å². The van der Waals surface area contributed by atoms with Gasteiger partial charge in [0.2, 0.25) is 9.84 Å². The fourth-order valence-corrected chi connectivity index (χ4v) is 4.23. The zero-order chi connectivity index (χ0) is 17.5. The minimum Gasteiger partial charge on any atom is -0.350 e. The highest BCUT2D eigenvalue weighted by Crippen LogP contribution is 2.31. The van der Waals surface area contributed by atoms with Crippen LogP contribution >= 0.6 is 0 Å². The lowest BCUT2D eigenvalue weighted by molar-refractivity contribution is 0.596. The van der Waals surface area contributed by atoms with Crippen molar-refractivity contribution in [3.05, 3.63) is 59.8 Å². The van der Waals surface area contributed by atoms with Crippen molar-refractivity contribution in [3.8, 4) is 0 Å². The summed E-state index contributed by atoms with van der Waals surface area (Å²) in [6, 6.07) is 12.3. The average molecular weight is 342 g/mol. The van der Waals surface area contributed by atoms with E-state index in [0.29, 0.717) is 16.3 Å². The van der Waals surface area contributed by atoms with Crippen molar-refractivity contribution in [1.29, 1.82) is 0 Å². The van der Waals surface area contributed by atoms with Gasteiger partial charge in [0.05, 0.1) is 9.79 Å². The third kappa shape index (κ3) is 2.74. The Bertz CT molecular complexity index is 986. The number of hydrogen-bond acceptors (Lipinski definition) is 3. The molecule has 0 radical (unpaired) electrons. The molecule has 2 aromatic carbocycles. The number of nitrogens with two attached hydrogens (primary N) is 1. The topological polar surface area (TPSA) is 65.1 Å². The van der Waals surface area contributed by atoms with Gasteiger partial charge in [-0.05, 0) is 55.3 Å². The van der Waals surface area contributed by atoms with Crippen LogP contribution in [0, 0.1) is 6.92 Å². The van der Waals surface area contributed by atoms with E-state index >= 15 is 0 Å². The third-order valence-corrected chi connectivity index (χ3v) is 6.29. The molecule has 0 amide bonds. The van der Waals surface area contributed by atoms with Gasteiger partial charge in [-0.2, -0.15) is 0 Å². The standard InChI is InChI=1S/C19H22N2O2S/c1-13-4-6-15(7-5-13)24(22,23)16-8-9-19-17(10-16)18(12-21(19)3)14(2)11-20/h4-10,12,14H,11,20H2,1-3H3. The number of aryl methyl sites for hydroxylation is 2. The van der Waals surface area contributed by atoms with E-state index in [1.807, 2.05) is 42.9 Å². The van der Waals surface area contributed by atoms with Crippen LogP contribution < -0.4 is 5.73 Å². The van der Waals surface area contributed by atoms with Crippen molar-refractivity contribution < 1.29 is 8.42 Å². The zero-order valence-electron chi connectivity index (χ0n) is 14.2. The fourth-order valence-electron chi connectivity index (χ4n) is 2.94. The van der Waals surface area contributed by atoms with Crippen LogP contribution in [0.1, 0.15) is 24.0 Å². The van der Waals surface area contributed by atoms with Gasteiger partial charge in [-0.1, -0.05) is 24.6 Å². The maximum atomic E-state index is 12.9. The van der Waals surface area contributed by atoms with Gasteiger partial charge in [-0.15, -0.1) is 0 Å². The molecule has 1 aromatic heterocycles. The largest absolute Gasteiger partial charge is 0.350 e. The Morgan fingerprint density at radius 2 is 1.71 bits per heavy atom. The Morgan fingerprint density at radius 1 is 1.08 bits per heavy atom. The minimum absolute atomic E-state index is 0.172. The van der Waals surface area contributed by atoms with E-state index in [1.54, 1.807) is 24.3 Å². The van der Waals surface area contributed by atoms with E-state index in [9.17, 15) is 8.42 Å². The molecule has 1 unspecified atom stereocenters. The Hall–Kier alpha value is -2.11. The van der Waals surface area contributed by atoms with Gasteiger partial charge in [0, 0.05) is 24.1 Å². The molecule has 0 aliphatic rings. The summed E-state index contributed by atoms with van der Waals surface area (Å²) in [6.07, 6.45) is 2.03. The van der Waals surface area contributed by atoms with Crippen molar-refractivity contribution in [2.75, 3.05) is 6.54 Å². The molecule has 0 saturated carbocycles. The third-order valence-electron chi connectivity index (χ3n) is 4.52. The van der Waals surface area contributed by atoms with E-state index in [4.69, 9.17) is 5.73 Å². The first-order valence-corrected chi connectivity index (χ1v) is 9.43. The van der Waals surface area contributed by atoms with Gasteiger partial charge in [0.15, 0.2) is 0 Å². The molecule has 0 aliphatic carbocycles. The van der Waals surface area contributed by atoms with Crippen LogP contribution in [0.25, 0.3) is 10.9 Å². The summed E-state index contributed by atoms with van der Waals surface area (Å²) in [4.78, 5) is 0.632. The van der Waals surface area contributed by atoms with Gasteiger partial charge in [0.1, 0.15) is 0 Å². The SMILES string of the molecule is Cc1ccc(S(=O)(=O)c2ccc3c(c2)c(C(C)CN)cn3C)cc1. The molecule has 0 spiro atoms. The van der Waals surface area contributed by atoms with Crippen LogP contribution in [0.4, 0.5) is 0 Å². The van der Waals surface area contributed by atoms with Crippen molar-refractivity contribution in [2.24, 2.45) is 12.8 Å². The number of hydrogen-bond donors (Lipinski definition) is 1. The molecule has 0 aliphatic heterocycles. The van der Waals surface area contributed by atoms with E-state index in [1.165, 1.54) is 0 Å². The molecule has 5 heteroatoms. The highest BCUT2D eigenvalue weighted by atomic mass is 32.2. The molecule has 0 saturated heterocycles. The molecule has 3 rings (SSSR count). The molecule has 126 valence electrons. The lowest BCUT2D eigenvalue weighted by Crippen LogP contribution is -2.08. The van der Waals surface area contributed by atoms with Gasteiger partial charge in [-0.25, -0.2) is 8.42 Å². The first-order chi connectivity index (χ1) is 11.3. The summed E-state index contributed by atoms with van der Waals surface area (Å²) in [7, 11) is -1.57. The summed E-state index contributed by atoms with van der Waals surface area (Å²) in [5, 5.41) is 0.948. The van der Waals surface area contributed by atoms with Crippen LogP contribution in [0.2, 0.25) is 0 Å². The van der Waals surface area contributed by atoms with Crippen LogP contribution in [0.15, 0.2) is 58.5 Å². The van der Waals surface area contributed by atoms with Gasteiger partial charge in [-0.3, -0.25) is 0 Å². The lowest BCUT2D eigenvalue weighted by Gasteiger charge is -2.09. The lowest BCUT2D eigenvalue weighted by atomic mass is 10.0. The molecule has 1 heterocycles. The molecule has 0 bridgehead atoms. The van der Waals surface area contributed by atoms with Gasteiger partial charge >= 0.3 is 0 Å². The van der Waals surface area contributed by atoms with E-state index in [0.717, 1.165) is 22.0 Å². The molecule has 2 N–H and O–H groups in total. The number of benzene rings is 2. The van der Waals surface area contributed by atoms with E-state index in [2.05, 4.69) is 6.92 Å². The second kappa shape index (κ2) is 6.07. The van der Waals surface area contributed by atoms with Crippen LogP contribution in [-0.2, 0) is 16.9 Å². The van der Waals surface area contributed by atoms with Crippen molar-refractivity contribution >= 4 is 20.7 Å². The summed E-state index contributed by atoms with van der Waals surface area (Å²) >= 11 is 0. The average Bonchev–Trinajstić information content (AvgIpc) is 2.91. The minimum atomic E-state index is -3.53. The van der Waals surface area contributed by atoms with Crippen LogP contribution in [-0.4, -0.2) is 19.5 Å².